The molecule has 1 fully saturated rings. The van der Waals surface area contributed by atoms with Gasteiger partial charge in [-0.3, -0.25) is 4.98 Å². The zero-order valence-electron chi connectivity index (χ0n) is 12.2. The molecule has 2 heterocycles. The third-order valence-corrected chi connectivity index (χ3v) is 3.65. The number of hydrogen-bond donors (Lipinski definition) is 1. The highest BCUT2D eigenvalue weighted by molar-refractivity contribution is 5.21. The van der Waals surface area contributed by atoms with Crippen molar-refractivity contribution in [2.45, 2.75) is 51.7 Å². The van der Waals surface area contributed by atoms with Gasteiger partial charge in [0.15, 0.2) is 6.61 Å². The van der Waals surface area contributed by atoms with Gasteiger partial charge in [-0.2, -0.15) is 0 Å². The smallest absolute Gasteiger partial charge is 0.315 e. The molecule has 0 unspecified atom stereocenters. The van der Waals surface area contributed by atoms with Gasteiger partial charge in [-0.25, -0.2) is 0 Å². The van der Waals surface area contributed by atoms with Gasteiger partial charge < -0.3 is 14.5 Å². The van der Waals surface area contributed by atoms with Gasteiger partial charge in [-0.15, -0.1) is 5.10 Å². The lowest BCUT2D eigenvalue weighted by atomic mass is 9.96. The predicted octanol–water partition coefficient (Wildman–Crippen LogP) is 3.10. The highest BCUT2D eigenvalue weighted by Gasteiger charge is 2.16. The molecule has 2 aromatic heterocycles. The number of rotatable bonds is 5. The molecular weight excluding hydrogens is 268 g/mol. The Labute approximate surface area is 123 Å². The monoisotopic (exact) mass is 288 g/mol. The third-order valence-electron chi connectivity index (χ3n) is 3.65. The van der Waals surface area contributed by atoms with Crippen LogP contribution < -0.4 is 10.1 Å². The van der Waals surface area contributed by atoms with Gasteiger partial charge in [0.25, 0.3) is 5.89 Å². The lowest BCUT2D eigenvalue weighted by molar-refractivity contribution is 0.263. The molecule has 0 amide bonds. The van der Waals surface area contributed by atoms with Crippen LogP contribution in [0.25, 0.3) is 0 Å². The average molecular weight is 288 g/mol. The first-order chi connectivity index (χ1) is 10.3. The van der Waals surface area contributed by atoms with E-state index in [1.165, 1.54) is 32.1 Å². The minimum atomic E-state index is 0.254. The van der Waals surface area contributed by atoms with E-state index in [9.17, 15) is 0 Å². The van der Waals surface area contributed by atoms with Crippen molar-refractivity contribution in [1.82, 2.24) is 15.2 Å². The molecule has 112 valence electrons. The van der Waals surface area contributed by atoms with Crippen molar-refractivity contribution in [3.8, 4) is 5.75 Å². The van der Waals surface area contributed by atoms with Gasteiger partial charge in [0.2, 0.25) is 0 Å². The fourth-order valence-electron chi connectivity index (χ4n) is 2.48. The molecular formula is C15H20N4O2. The summed E-state index contributed by atoms with van der Waals surface area (Å²) < 4.78 is 11.1. The molecule has 6 heteroatoms. The molecule has 6 nitrogen and oxygen atoms in total. The van der Waals surface area contributed by atoms with E-state index < -0.39 is 0 Å². The molecule has 21 heavy (non-hydrogen) atoms. The molecule has 0 aliphatic heterocycles. The molecule has 1 aliphatic rings. The lowest BCUT2D eigenvalue weighted by Crippen LogP contribution is -2.22. The molecule has 3 rings (SSSR count). The van der Waals surface area contributed by atoms with Crippen LogP contribution in [0.2, 0.25) is 0 Å². The molecule has 0 atom stereocenters. The van der Waals surface area contributed by atoms with E-state index >= 15 is 0 Å². The van der Waals surface area contributed by atoms with Gasteiger partial charge in [0.05, 0.1) is 6.20 Å². The first-order valence-corrected chi connectivity index (χ1v) is 7.44. The topological polar surface area (TPSA) is 73.1 Å². The molecule has 1 aliphatic carbocycles. The second kappa shape index (κ2) is 6.56. The molecule has 2 aromatic rings. The van der Waals surface area contributed by atoms with Crippen molar-refractivity contribution >= 4 is 6.01 Å². The normalized spacial score (nSPS) is 15.9. The van der Waals surface area contributed by atoms with Crippen LogP contribution in [0, 0.1) is 6.92 Å². The minimum absolute atomic E-state index is 0.254. The summed E-state index contributed by atoms with van der Waals surface area (Å²) in [7, 11) is 0. The summed E-state index contributed by atoms with van der Waals surface area (Å²) in [5, 5.41) is 11.3. The first kappa shape index (κ1) is 13.9. The van der Waals surface area contributed by atoms with Crippen molar-refractivity contribution < 1.29 is 9.15 Å². The van der Waals surface area contributed by atoms with Crippen molar-refractivity contribution in [3.63, 3.8) is 0 Å². The van der Waals surface area contributed by atoms with Crippen molar-refractivity contribution in [3.05, 3.63) is 29.9 Å². The maximum absolute atomic E-state index is 5.56. The predicted molar refractivity (Wildman–Crippen MR) is 78.1 cm³/mol. The summed E-state index contributed by atoms with van der Waals surface area (Å²) in [6.07, 6.45) is 7.88. The van der Waals surface area contributed by atoms with Crippen LogP contribution in [0.4, 0.5) is 6.01 Å². The van der Waals surface area contributed by atoms with Crippen LogP contribution >= 0.6 is 0 Å². The van der Waals surface area contributed by atoms with Crippen molar-refractivity contribution in [2.24, 2.45) is 0 Å². The van der Waals surface area contributed by atoms with Gasteiger partial charge in [-0.1, -0.05) is 24.4 Å². The van der Waals surface area contributed by atoms with Crippen LogP contribution in [0.5, 0.6) is 5.75 Å². The van der Waals surface area contributed by atoms with E-state index in [4.69, 9.17) is 9.15 Å². The minimum Gasteiger partial charge on any atom is -0.482 e. The Morgan fingerprint density at radius 3 is 2.86 bits per heavy atom. The molecule has 1 saturated carbocycles. The number of aromatic nitrogens is 3. The lowest BCUT2D eigenvalue weighted by Gasteiger charge is -2.21. The zero-order chi connectivity index (χ0) is 14.5. The summed E-state index contributed by atoms with van der Waals surface area (Å²) in [6, 6.07) is 4.72. The highest BCUT2D eigenvalue weighted by atomic mass is 16.5. The van der Waals surface area contributed by atoms with Crippen molar-refractivity contribution in [2.75, 3.05) is 5.32 Å². The fourth-order valence-corrected chi connectivity index (χ4v) is 2.48. The third kappa shape index (κ3) is 3.93. The molecule has 0 bridgehead atoms. The van der Waals surface area contributed by atoms with Crippen LogP contribution in [0.1, 0.15) is 43.7 Å². The number of anilines is 1. The van der Waals surface area contributed by atoms with Gasteiger partial charge >= 0.3 is 6.01 Å². The van der Waals surface area contributed by atoms with Gasteiger partial charge in [0, 0.05) is 11.7 Å². The summed E-state index contributed by atoms with van der Waals surface area (Å²) >= 11 is 0. The Bertz CT molecular complexity index is 561. The largest absolute Gasteiger partial charge is 0.482 e. The van der Waals surface area contributed by atoms with Crippen LogP contribution in [-0.4, -0.2) is 21.2 Å². The van der Waals surface area contributed by atoms with E-state index in [1.807, 2.05) is 19.1 Å². The van der Waals surface area contributed by atoms with E-state index in [0.29, 0.717) is 23.7 Å². The second-order valence-corrected chi connectivity index (χ2v) is 5.40. The van der Waals surface area contributed by atoms with E-state index in [1.54, 1.807) is 6.20 Å². The number of nitrogens with zero attached hydrogens (tertiary/aromatic N) is 3. The van der Waals surface area contributed by atoms with E-state index in [-0.39, 0.29) is 6.61 Å². The summed E-state index contributed by atoms with van der Waals surface area (Å²) in [6.45, 7) is 2.19. The van der Waals surface area contributed by atoms with Crippen LogP contribution in [-0.2, 0) is 6.61 Å². The van der Waals surface area contributed by atoms with E-state index in [2.05, 4.69) is 20.5 Å². The van der Waals surface area contributed by atoms with Gasteiger partial charge in [-0.05, 0) is 31.9 Å². The number of pyridine rings is 1. The number of nitrogens with one attached hydrogen (secondary N) is 1. The van der Waals surface area contributed by atoms with Crippen molar-refractivity contribution in [1.29, 1.82) is 0 Å². The number of ether oxygens (including phenoxy) is 1. The Morgan fingerprint density at radius 2 is 2.10 bits per heavy atom. The molecule has 0 saturated heterocycles. The second-order valence-electron chi connectivity index (χ2n) is 5.40. The van der Waals surface area contributed by atoms with Crippen LogP contribution in [0.15, 0.2) is 22.7 Å². The standard InChI is InChI=1S/C15H20N4O2/c1-11-7-8-13(9-16-11)20-10-14-18-19-15(21-14)17-12-5-3-2-4-6-12/h7-9,12H,2-6,10H2,1H3,(H,17,19). The molecule has 0 radical (unpaired) electrons. The summed E-state index contributed by atoms with van der Waals surface area (Å²) in [4.78, 5) is 4.17. The maximum atomic E-state index is 5.56. The molecule has 1 N–H and O–H groups in total. The Kier molecular flexibility index (Phi) is 4.33. The summed E-state index contributed by atoms with van der Waals surface area (Å²) in [5.74, 6) is 1.16. The SMILES string of the molecule is Cc1ccc(OCc2nnc(NC3CCCCC3)o2)cn1. The zero-order valence-corrected chi connectivity index (χ0v) is 12.2. The molecule has 0 spiro atoms. The highest BCUT2D eigenvalue weighted by Crippen LogP contribution is 2.21. The Morgan fingerprint density at radius 1 is 1.24 bits per heavy atom. The average Bonchev–Trinajstić information content (AvgIpc) is 2.95. The molecule has 0 aromatic carbocycles. The fraction of sp³-hybridized carbons (Fsp3) is 0.533. The first-order valence-electron chi connectivity index (χ1n) is 7.44. The van der Waals surface area contributed by atoms with Gasteiger partial charge in [0.1, 0.15) is 5.75 Å². The Hall–Kier alpha value is -2.11. The quantitative estimate of drug-likeness (QED) is 0.911. The Balaban J connectivity index is 1.51. The number of hydrogen-bond acceptors (Lipinski definition) is 6. The number of aryl methyl sites for hydroxylation is 1. The maximum Gasteiger partial charge on any atom is 0.315 e. The summed E-state index contributed by atoms with van der Waals surface area (Å²) in [5.41, 5.74) is 0.958. The van der Waals surface area contributed by atoms with Crippen LogP contribution in [0.3, 0.4) is 0 Å². The van der Waals surface area contributed by atoms with E-state index in [0.717, 1.165) is 5.69 Å².